The fraction of sp³-hybridized carbons (Fsp3) is 0. The molecule has 0 aliphatic rings. The second-order valence-electron chi connectivity index (χ2n) is 5.00. The van der Waals surface area contributed by atoms with Crippen LogP contribution in [-0.4, -0.2) is 5.11 Å². The van der Waals surface area contributed by atoms with Crippen molar-refractivity contribution in [2.75, 3.05) is 0 Å². The number of rotatable bonds is 1. The fourth-order valence-electron chi connectivity index (χ4n) is 2.39. The van der Waals surface area contributed by atoms with E-state index in [0.29, 0.717) is 5.75 Å². The summed E-state index contributed by atoms with van der Waals surface area (Å²) >= 11 is 1.55. The Balaban J connectivity index is 0.000000324. The summed E-state index contributed by atoms with van der Waals surface area (Å²) in [6, 6.07) is 19.5. The molecule has 0 saturated heterocycles. The number of fused-ring (bicyclic) bond motifs is 3. The average Bonchev–Trinajstić information content (AvgIpc) is 2.99. The van der Waals surface area contributed by atoms with Crippen molar-refractivity contribution in [1.29, 1.82) is 0 Å². The maximum atomic E-state index is 10.1. The quantitative estimate of drug-likeness (QED) is 0.482. The lowest BCUT2D eigenvalue weighted by Gasteiger charge is -2.17. The molecule has 0 atom stereocenters. The monoisotopic (exact) mass is 378 g/mol. The van der Waals surface area contributed by atoms with E-state index >= 15 is 0 Å². The van der Waals surface area contributed by atoms with Gasteiger partial charge in [-0.3, -0.25) is 0 Å². The van der Waals surface area contributed by atoms with E-state index in [-0.39, 0.29) is 0 Å². The first-order valence-corrected chi connectivity index (χ1v) is 9.02. The summed E-state index contributed by atoms with van der Waals surface area (Å²) in [5.41, 5.74) is 1.89. The number of aromatic hydroxyl groups is 1. The molecule has 0 unspecified atom stereocenters. The van der Waals surface area contributed by atoms with Gasteiger partial charge in [-0.25, -0.2) is 18.6 Å². The molecule has 0 aliphatic carbocycles. The maximum absolute atomic E-state index is 10.1. The smallest absolute Gasteiger partial charge is 0.418 e. The first-order valence-electron chi connectivity index (χ1n) is 6.97. The van der Waals surface area contributed by atoms with Crippen LogP contribution >= 0.6 is 11.3 Å². The molecule has 0 spiro atoms. The highest BCUT2D eigenvalue weighted by Crippen LogP contribution is 2.40. The van der Waals surface area contributed by atoms with Gasteiger partial charge in [0, 0.05) is 11.5 Å². The molecule has 0 fully saturated rings. The lowest BCUT2D eigenvalue weighted by atomic mass is 10.1. The summed E-state index contributed by atoms with van der Waals surface area (Å²) in [4.78, 5) is 0. The Morgan fingerprint density at radius 1 is 0.840 bits per heavy atom. The normalized spacial score (nSPS) is 11.4. The van der Waals surface area contributed by atoms with E-state index in [1.54, 1.807) is 17.4 Å². The van der Waals surface area contributed by atoms with Crippen molar-refractivity contribution in [3.05, 3.63) is 60.7 Å². The van der Waals surface area contributed by atoms with Crippen LogP contribution in [0.1, 0.15) is 0 Å². The molecular formula is C17H11ClO6S. The van der Waals surface area contributed by atoms with Crippen molar-refractivity contribution in [1.82, 2.24) is 0 Å². The van der Waals surface area contributed by atoms with Gasteiger partial charge < -0.3 is 5.11 Å². The van der Waals surface area contributed by atoms with E-state index in [1.165, 1.54) is 0 Å². The van der Waals surface area contributed by atoms with E-state index < -0.39 is 10.2 Å². The molecule has 0 radical (unpaired) electrons. The summed E-state index contributed by atoms with van der Waals surface area (Å²) in [7, 11) is -4.94. The Morgan fingerprint density at radius 2 is 1.40 bits per heavy atom. The Labute approximate surface area is 148 Å². The molecular weight excluding hydrogens is 368 g/mol. The second kappa shape index (κ2) is 6.93. The highest BCUT2D eigenvalue weighted by Gasteiger charge is 2.23. The van der Waals surface area contributed by atoms with Crippen LogP contribution in [0.2, 0.25) is 0 Å². The minimum absolute atomic E-state index is 0.296. The standard InChI is InChI=1S/C17H10O2S.ClHO4/c18-14-10-15-16(13-9-5-4-8-12(13)14)19-17(20-15)11-6-2-1-3-7-11;2-1(3,4)5/h1-10H;(H,2,3,4,5). The Bertz CT molecular complexity index is 1000. The van der Waals surface area contributed by atoms with Crippen LogP contribution < -0.4 is 18.6 Å². The number of hydrogen-bond donors (Lipinski definition) is 1. The number of benzene rings is 3. The van der Waals surface area contributed by atoms with Crippen LogP contribution in [0, 0.1) is 10.2 Å². The van der Waals surface area contributed by atoms with Crippen LogP contribution in [0.3, 0.4) is 0 Å². The van der Waals surface area contributed by atoms with Gasteiger partial charge in [-0.2, -0.15) is 4.42 Å². The molecule has 1 N–H and O–H groups in total. The van der Waals surface area contributed by atoms with Crippen molar-refractivity contribution in [2.45, 2.75) is 0 Å². The largest absolute Gasteiger partial charge is 0.507 e. The fourth-order valence-corrected chi connectivity index (χ4v) is 3.38. The Hall–Kier alpha value is -2.26. The second-order valence-corrected chi connectivity index (χ2v) is 6.77. The van der Waals surface area contributed by atoms with Crippen LogP contribution in [0.5, 0.6) is 5.75 Å². The zero-order chi connectivity index (χ0) is 18.0. The molecule has 6 nitrogen and oxygen atoms in total. The van der Waals surface area contributed by atoms with Gasteiger partial charge in [-0.05, 0) is 29.5 Å². The van der Waals surface area contributed by atoms with Crippen molar-refractivity contribution in [2.24, 2.45) is 0 Å². The van der Waals surface area contributed by atoms with E-state index in [0.717, 1.165) is 31.7 Å². The molecule has 0 aliphatic heterocycles. The highest BCUT2D eigenvalue weighted by molar-refractivity contribution is 7.21. The molecule has 4 rings (SSSR count). The summed E-state index contributed by atoms with van der Waals surface area (Å²) in [5.74, 6) is 0.296. The molecule has 1 heterocycles. The molecule has 0 amide bonds. The Kier molecular flexibility index (Phi) is 4.87. The topological polar surface area (TPSA) is 124 Å². The van der Waals surface area contributed by atoms with E-state index in [9.17, 15) is 5.11 Å². The first-order chi connectivity index (χ1) is 11.8. The molecule has 4 aromatic rings. The zero-order valence-electron chi connectivity index (χ0n) is 12.5. The van der Waals surface area contributed by atoms with E-state index in [1.807, 2.05) is 54.6 Å². The Morgan fingerprint density at radius 3 is 2.04 bits per heavy atom. The molecule has 1 aromatic heterocycles. The number of phenolic OH excluding ortho intramolecular Hbond substituents is 1. The molecule has 25 heavy (non-hydrogen) atoms. The molecule has 8 heteroatoms. The van der Waals surface area contributed by atoms with Crippen molar-refractivity contribution in [3.63, 3.8) is 0 Å². The highest BCUT2D eigenvalue weighted by atomic mass is 35.7. The lowest BCUT2D eigenvalue weighted by Crippen LogP contribution is -2.68. The van der Waals surface area contributed by atoms with E-state index in [4.69, 9.17) is 23.1 Å². The molecule has 0 saturated carbocycles. The van der Waals surface area contributed by atoms with Gasteiger partial charge in [0.25, 0.3) is 0 Å². The number of hydrogen-bond acceptors (Lipinski definition) is 6. The molecule has 3 aromatic carbocycles. The summed E-state index contributed by atoms with van der Waals surface area (Å²) in [6.45, 7) is 0. The molecule has 0 bridgehead atoms. The van der Waals surface area contributed by atoms with Gasteiger partial charge >= 0.3 is 10.7 Å². The average molecular weight is 379 g/mol. The predicted molar refractivity (Wildman–Crippen MR) is 83.1 cm³/mol. The van der Waals surface area contributed by atoms with Gasteiger partial charge in [0.2, 0.25) is 0 Å². The van der Waals surface area contributed by atoms with Crippen LogP contribution in [0.4, 0.5) is 0 Å². The van der Waals surface area contributed by atoms with Crippen molar-refractivity contribution < 1.29 is 38.4 Å². The minimum Gasteiger partial charge on any atom is -0.507 e. The third kappa shape index (κ3) is 4.23. The van der Waals surface area contributed by atoms with Crippen LogP contribution in [-0.2, 0) is 0 Å². The zero-order valence-corrected chi connectivity index (χ0v) is 14.1. The lowest BCUT2D eigenvalue weighted by molar-refractivity contribution is -2.00. The van der Waals surface area contributed by atoms with Gasteiger partial charge in [-0.1, -0.05) is 36.4 Å². The molecule has 128 valence electrons. The van der Waals surface area contributed by atoms with Gasteiger partial charge in [0.15, 0.2) is 0 Å². The number of phenols is 1. The summed E-state index contributed by atoms with van der Waals surface area (Å²) in [6.07, 6.45) is 0. The van der Waals surface area contributed by atoms with Gasteiger partial charge in [0.1, 0.15) is 10.4 Å². The SMILES string of the molecule is Oc1cc2sc(-c3ccccc3)[o+]c2c2ccccc12.[O-][Cl+3]([O-])([O-])[O-]. The van der Waals surface area contributed by atoms with E-state index in [2.05, 4.69) is 0 Å². The third-order valence-electron chi connectivity index (χ3n) is 3.35. The first kappa shape index (κ1) is 17.6. The summed E-state index contributed by atoms with van der Waals surface area (Å²) < 4.78 is 41.0. The van der Waals surface area contributed by atoms with Crippen LogP contribution in [0.25, 0.3) is 31.7 Å². The summed E-state index contributed by atoms with van der Waals surface area (Å²) in [5, 5.41) is 12.7. The maximum Gasteiger partial charge on any atom is 0.418 e. The van der Waals surface area contributed by atoms with Crippen molar-refractivity contribution in [3.8, 4) is 16.4 Å². The van der Waals surface area contributed by atoms with Crippen molar-refractivity contribution >= 4 is 32.4 Å². The third-order valence-corrected chi connectivity index (χ3v) is 4.37. The predicted octanol–water partition coefficient (Wildman–Crippen LogP) is 0.545. The number of halogens is 1. The van der Waals surface area contributed by atoms with Gasteiger partial charge in [0.05, 0.1) is 10.9 Å². The van der Waals surface area contributed by atoms with Crippen LogP contribution in [0.15, 0.2) is 65.1 Å². The minimum atomic E-state index is -4.94. The van der Waals surface area contributed by atoms with Gasteiger partial charge in [-0.15, -0.1) is 10.2 Å².